The molecule has 1 heterocycles. The zero-order valence-corrected chi connectivity index (χ0v) is 11.3. The molecule has 0 bridgehead atoms. The summed E-state index contributed by atoms with van der Waals surface area (Å²) in [7, 11) is 0. The van der Waals surface area contributed by atoms with Crippen LogP contribution in [0.1, 0.15) is 12.8 Å². The lowest BCUT2D eigenvalue weighted by Gasteiger charge is -2.05. The molecule has 100 valence electrons. The molecule has 1 aromatic carbocycles. The number of rotatable bonds is 5. The molecule has 0 atom stereocenters. The van der Waals surface area contributed by atoms with E-state index in [2.05, 4.69) is 31.5 Å². The lowest BCUT2D eigenvalue weighted by Crippen LogP contribution is -2.06. The molecule has 0 spiro atoms. The molecule has 0 fully saturated rings. The van der Waals surface area contributed by atoms with E-state index in [1.54, 1.807) is 12.1 Å². The van der Waals surface area contributed by atoms with Gasteiger partial charge in [-0.2, -0.15) is 0 Å². The Balaban J connectivity index is 2.21. The molecule has 0 unspecified atom stereocenters. The summed E-state index contributed by atoms with van der Waals surface area (Å²) in [6.07, 6.45) is 0.396. The maximum atomic E-state index is 13.8. The number of aliphatic carboxylic acids is 1. The Morgan fingerprint density at radius 2 is 2.26 bits per heavy atom. The summed E-state index contributed by atoms with van der Waals surface area (Å²) in [6.45, 7) is 0.324. The van der Waals surface area contributed by atoms with Crippen molar-refractivity contribution in [3.05, 3.63) is 28.5 Å². The van der Waals surface area contributed by atoms with Gasteiger partial charge < -0.3 is 5.11 Å². The molecule has 0 aliphatic rings. The van der Waals surface area contributed by atoms with Crippen LogP contribution in [-0.2, 0) is 11.3 Å². The topological polar surface area (TPSA) is 80.9 Å². The number of carboxylic acid groups (broad SMARTS) is 1. The van der Waals surface area contributed by atoms with Crippen LogP contribution in [0.4, 0.5) is 4.39 Å². The second kappa shape index (κ2) is 5.87. The Kier molecular flexibility index (Phi) is 4.20. The number of benzene rings is 1. The zero-order valence-electron chi connectivity index (χ0n) is 9.75. The van der Waals surface area contributed by atoms with E-state index in [0.29, 0.717) is 17.4 Å². The molecule has 0 aliphatic carbocycles. The first-order chi connectivity index (χ1) is 9.08. The molecule has 2 aromatic rings. The monoisotopic (exact) mass is 328 g/mol. The van der Waals surface area contributed by atoms with Gasteiger partial charge in [0.25, 0.3) is 0 Å². The number of carboxylic acids is 1. The number of carbonyl (C=O) groups is 1. The summed E-state index contributed by atoms with van der Waals surface area (Å²) >= 11 is 3.17. The number of tetrazole rings is 1. The third kappa shape index (κ3) is 3.34. The molecule has 19 heavy (non-hydrogen) atoms. The number of hydrogen-bond acceptors (Lipinski definition) is 4. The average molecular weight is 329 g/mol. The smallest absolute Gasteiger partial charge is 0.303 e. The highest BCUT2D eigenvalue weighted by Crippen LogP contribution is 2.23. The quantitative estimate of drug-likeness (QED) is 0.909. The summed E-state index contributed by atoms with van der Waals surface area (Å²) in [4.78, 5) is 10.4. The van der Waals surface area contributed by atoms with E-state index in [1.165, 1.54) is 10.7 Å². The maximum Gasteiger partial charge on any atom is 0.303 e. The Morgan fingerprint density at radius 3 is 2.95 bits per heavy atom. The Bertz CT molecular complexity index is 602. The van der Waals surface area contributed by atoms with Crippen molar-refractivity contribution in [2.75, 3.05) is 0 Å². The van der Waals surface area contributed by atoms with Crippen LogP contribution in [0, 0.1) is 5.82 Å². The molecular weight excluding hydrogens is 319 g/mol. The Hall–Kier alpha value is -1.83. The molecule has 0 amide bonds. The van der Waals surface area contributed by atoms with E-state index in [4.69, 9.17) is 5.11 Å². The van der Waals surface area contributed by atoms with Gasteiger partial charge in [-0.25, -0.2) is 9.07 Å². The van der Waals surface area contributed by atoms with Crippen molar-refractivity contribution >= 4 is 21.9 Å². The van der Waals surface area contributed by atoms with Crippen LogP contribution in [0.5, 0.6) is 0 Å². The molecule has 8 heteroatoms. The molecule has 1 aromatic heterocycles. The third-order valence-electron chi connectivity index (χ3n) is 2.46. The van der Waals surface area contributed by atoms with E-state index < -0.39 is 11.8 Å². The van der Waals surface area contributed by atoms with Gasteiger partial charge in [0.2, 0.25) is 0 Å². The van der Waals surface area contributed by atoms with Crippen molar-refractivity contribution in [1.82, 2.24) is 20.2 Å². The lowest BCUT2D eigenvalue weighted by molar-refractivity contribution is -0.137. The maximum absolute atomic E-state index is 13.8. The first kappa shape index (κ1) is 13.6. The van der Waals surface area contributed by atoms with Gasteiger partial charge in [-0.1, -0.05) is 15.9 Å². The summed E-state index contributed by atoms with van der Waals surface area (Å²) in [6, 6.07) is 4.58. The molecule has 0 radical (unpaired) electrons. The fourth-order valence-electron chi connectivity index (χ4n) is 1.60. The molecule has 0 saturated heterocycles. The van der Waals surface area contributed by atoms with E-state index in [1.807, 2.05) is 0 Å². The first-order valence-corrected chi connectivity index (χ1v) is 6.30. The van der Waals surface area contributed by atoms with Crippen molar-refractivity contribution in [2.45, 2.75) is 19.4 Å². The Morgan fingerprint density at radius 1 is 1.47 bits per heavy atom. The second-order valence-electron chi connectivity index (χ2n) is 3.85. The van der Waals surface area contributed by atoms with Crippen LogP contribution in [-0.4, -0.2) is 31.3 Å². The second-order valence-corrected chi connectivity index (χ2v) is 4.76. The zero-order chi connectivity index (χ0) is 13.8. The lowest BCUT2D eigenvalue weighted by atomic mass is 10.2. The predicted molar refractivity (Wildman–Crippen MR) is 67.8 cm³/mol. The number of aromatic nitrogens is 4. The summed E-state index contributed by atoms with van der Waals surface area (Å²) < 4.78 is 15.8. The third-order valence-corrected chi connectivity index (χ3v) is 2.96. The number of hydrogen-bond donors (Lipinski definition) is 1. The van der Waals surface area contributed by atoms with Crippen molar-refractivity contribution in [3.8, 4) is 11.4 Å². The van der Waals surface area contributed by atoms with Crippen LogP contribution in [0.2, 0.25) is 0 Å². The van der Waals surface area contributed by atoms with Gasteiger partial charge in [0, 0.05) is 17.4 Å². The standard InChI is InChI=1S/C11H10BrFN4O2/c12-7-3-4-8(9(13)6-7)11-14-15-16-17(11)5-1-2-10(18)19/h3-4,6H,1-2,5H2,(H,18,19). The Labute approximate surface area is 116 Å². The molecule has 2 rings (SSSR count). The van der Waals surface area contributed by atoms with Crippen molar-refractivity contribution < 1.29 is 14.3 Å². The van der Waals surface area contributed by atoms with Crippen LogP contribution in [0.15, 0.2) is 22.7 Å². The minimum atomic E-state index is -0.885. The number of aryl methyl sites for hydroxylation is 1. The number of nitrogens with zero attached hydrogens (tertiary/aromatic N) is 4. The highest BCUT2D eigenvalue weighted by molar-refractivity contribution is 9.10. The van der Waals surface area contributed by atoms with E-state index in [9.17, 15) is 9.18 Å². The fraction of sp³-hybridized carbons (Fsp3) is 0.273. The van der Waals surface area contributed by atoms with Gasteiger partial charge in [-0.05, 0) is 35.0 Å². The van der Waals surface area contributed by atoms with E-state index in [-0.39, 0.29) is 17.8 Å². The van der Waals surface area contributed by atoms with Gasteiger partial charge in [-0.15, -0.1) is 5.10 Å². The highest BCUT2D eigenvalue weighted by atomic mass is 79.9. The highest BCUT2D eigenvalue weighted by Gasteiger charge is 2.13. The molecular formula is C11H10BrFN4O2. The van der Waals surface area contributed by atoms with Crippen molar-refractivity contribution in [1.29, 1.82) is 0 Å². The average Bonchev–Trinajstić information content (AvgIpc) is 2.77. The van der Waals surface area contributed by atoms with Crippen molar-refractivity contribution in [2.24, 2.45) is 0 Å². The van der Waals surface area contributed by atoms with Crippen LogP contribution < -0.4 is 0 Å². The predicted octanol–water partition coefficient (Wildman–Crippen LogP) is 2.11. The first-order valence-electron chi connectivity index (χ1n) is 5.51. The minimum Gasteiger partial charge on any atom is -0.481 e. The molecule has 6 nitrogen and oxygen atoms in total. The minimum absolute atomic E-state index is 0.0160. The van der Waals surface area contributed by atoms with Gasteiger partial charge in [0.1, 0.15) is 5.82 Å². The van der Waals surface area contributed by atoms with Gasteiger partial charge >= 0.3 is 5.97 Å². The summed E-state index contributed by atoms with van der Waals surface area (Å²) in [5.74, 6) is -1.04. The van der Waals surface area contributed by atoms with Gasteiger partial charge in [0.15, 0.2) is 5.82 Å². The SMILES string of the molecule is O=C(O)CCCn1nnnc1-c1ccc(Br)cc1F. The largest absolute Gasteiger partial charge is 0.481 e. The number of halogens is 2. The molecule has 1 N–H and O–H groups in total. The molecule has 0 aliphatic heterocycles. The molecule has 0 saturated carbocycles. The summed E-state index contributed by atoms with van der Waals surface area (Å²) in [5, 5.41) is 19.6. The van der Waals surface area contributed by atoms with Crippen LogP contribution in [0.25, 0.3) is 11.4 Å². The van der Waals surface area contributed by atoms with E-state index >= 15 is 0 Å². The van der Waals surface area contributed by atoms with Crippen molar-refractivity contribution in [3.63, 3.8) is 0 Å². The van der Waals surface area contributed by atoms with Gasteiger partial charge in [-0.3, -0.25) is 4.79 Å². The van der Waals surface area contributed by atoms with E-state index in [0.717, 1.165) is 0 Å². The van der Waals surface area contributed by atoms with Gasteiger partial charge in [0.05, 0.1) is 5.56 Å². The van der Waals surface area contributed by atoms with Crippen LogP contribution >= 0.6 is 15.9 Å². The fourth-order valence-corrected chi connectivity index (χ4v) is 1.93. The normalized spacial score (nSPS) is 10.6. The summed E-state index contributed by atoms with van der Waals surface area (Å²) in [5.41, 5.74) is 0.281. The van der Waals surface area contributed by atoms with Crippen LogP contribution in [0.3, 0.4) is 0 Å².